The van der Waals surface area contributed by atoms with Gasteiger partial charge in [-0.05, 0) is 25.2 Å². The van der Waals surface area contributed by atoms with Crippen LogP contribution in [0.2, 0.25) is 0 Å². The van der Waals surface area contributed by atoms with E-state index in [0.717, 1.165) is 24.2 Å². The van der Waals surface area contributed by atoms with Crippen LogP contribution in [-0.2, 0) is 4.79 Å². The second-order valence-corrected chi connectivity index (χ2v) is 5.82. The summed E-state index contributed by atoms with van der Waals surface area (Å²) < 4.78 is 0. The Labute approximate surface area is 133 Å². The third kappa shape index (κ3) is 4.18. The van der Waals surface area contributed by atoms with Crippen molar-refractivity contribution in [3.8, 4) is 0 Å². The number of amides is 1. The van der Waals surface area contributed by atoms with Crippen LogP contribution in [0.15, 0.2) is 60.7 Å². The lowest BCUT2D eigenvalue weighted by Crippen LogP contribution is -2.37. The van der Waals surface area contributed by atoms with E-state index in [-0.39, 0.29) is 11.8 Å². The maximum Gasteiger partial charge on any atom is 0.234 e. The molecule has 2 rings (SSSR count). The Morgan fingerprint density at radius 3 is 1.68 bits per heavy atom. The van der Waals surface area contributed by atoms with Crippen molar-refractivity contribution in [2.45, 2.75) is 5.92 Å². The van der Waals surface area contributed by atoms with Crippen LogP contribution >= 0.6 is 0 Å². The van der Waals surface area contributed by atoms with Crippen LogP contribution < -0.4 is 0 Å². The summed E-state index contributed by atoms with van der Waals surface area (Å²) in [6.45, 7) is 1.58. The summed E-state index contributed by atoms with van der Waals surface area (Å²) in [5.74, 6) is -0.103. The largest absolute Gasteiger partial charge is 0.344 e. The van der Waals surface area contributed by atoms with Gasteiger partial charge in [0.25, 0.3) is 0 Å². The summed E-state index contributed by atoms with van der Waals surface area (Å²) >= 11 is 0. The number of benzene rings is 2. The van der Waals surface area contributed by atoms with Gasteiger partial charge >= 0.3 is 0 Å². The normalized spacial score (nSPS) is 11.0. The van der Waals surface area contributed by atoms with Crippen molar-refractivity contribution in [2.24, 2.45) is 0 Å². The standard InChI is InChI=1S/C19H24N2O/c1-20(2)14-15-21(3)19(22)18(16-10-6-4-7-11-16)17-12-8-5-9-13-17/h4-13,18H,14-15H2,1-3H3. The van der Waals surface area contributed by atoms with Crippen molar-refractivity contribution in [1.29, 1.82) is 0 Å². The average Bonchev–Trinajstić information content (AvgIpc) is 2.54. The molecule has 0 saturated carbocycles. The van der Waals surface area contributed by atoms with Crippen molar-refractivity contribution in [2.75, 3.05) is 34.2 Å². The number of hydrogen-bond donors (Lipinski definition) is 0. The van der Waals surface area contributed by atoms with Crippen molar-refractivity contribution in [3.05, 3.63) is 71.8 Å². The van der Waals surface area contributed by atoms with Gasteiger partial charge in [0.2, 0.25) is 5.91 Å². The molecule has 0 radical (unpaired) electrons. The van der Waals surface area contributed by atoms with Gasteiger partial charge in [-0.25, -0.2) is 0 Å². The Kier molecular flexibility index (Phi) is 5.73. The first-order valence-corrected chi connectivity index (χ1v) is 7.59. The van der Waals surface area contributed by atoms with E-state index < -0.39 is 0 Å². The van der Waals surface area contributed by atoms with Crippen molar-refractivity contribution >= 4 is 5.91 Å². The minimum atomic E-state index is -0.241. The molecule has 2 aromatic rings. The molecule has 0 atom stereocenters. The molecule has 1 amide bonds. The predicted octanol–water partition coefficient (Wildman–Crippen LogP) is 2.84. The number of likely N-dealkylation sites (N-methyl/N-ethyl adjacent to an activating group) is 2. The van der Waals surface area contributed by atoms with Gasteiger partial charge in [0.15, 0.2) is 0 Å². The van der Waals surface area contributed by atoms with E-state index in [1.165, 1.54) is 0 Å². The zero-order valence-corrected chi connectivity index (χ0v) is 13.6. The first-order valence-electron chi connectivity index (χ1n) is 7.59. The fourth-order valence-electron chi connectivity index (χ4n) is 2.45. The second kappa shape index (κ2) is 7.76. The lowest BCUT2D eigenvalue weighted by atomic mass is 9.90. The third-order valence-corrected chi connectivity index (χ3v) is 3.77. The van der Waals surface area contributed by atoms with Gasteiger partial charge < -0.3 is 9.80 Å². The SMILES string of the molecule is CN(C)CCN(C)C(=O)C(c1ccccc1)c1ccccc1. The van der Waals surface area contributed by atoms with Gasteiger partial charge in [-0.15, -0.1) is 0 Å². The molecule has 0 aliphatic rings. The number of rotatable bonds is 6. The van der Waals surface area contributed by atoms with Crippen LogP contribution in [0.4, 0.5) is 0 Å². The highest BCUT2D eigenvalue weighted by molar-refractivity contribution is 5.87. The summed E-state index contributed by atoms with van der Waals surface area (Å²) in [6, 6.07) is 20.0. The smallest absolute Gasteiger partial charge is 0.234 e. The van der Waals surface area contributed by atoms with Crippen LogP contribution in [0.5, 0.6) is 0 Å². The highest BCUT2D eigenvalue weighted by Gasteiger charge is 2.25. The fraction of sp³-hybridized carbons (Fsp3) is 0.316. The van der Waals surface area contributed by atoms with Crippen LogP contribution in [0, 0.1) is 0 Å². The zero-order chi connectivity index (χ0) is 15.9. The first-order chi connectivity index (χ1) is 10.6. The van der Waals surface area contributed by atoms with E-state index in [2.05, 4.69) is 4.90 Å². The molecule has 0 aliphatic carbocycles. The van der Waals surface area contributed by atoms with Crippen molar-refractivity contribution < 1.29 is 4.79 Å². The Morgan fingerprint density at radius 1 is 0.818 bits per heavy atom. The summed E-state index contributed by atoms with van der Waals surface area (Å²) in [4.78, 5) is 16.9. The number of hydrogen-bond acceptors (Lipinski definition) is 2. The summed E-state index contributed by atoms with van der Waals surface area (Å²) in [5, 5.41) is 0. The summed E-state index contributed by atoms with van der Waals surface area (Å²) in [7, 11) is 5.92. The molecule has 0 aliphatic heterocycles. The molecule has 0 bridgehead atoms. The highest BCUT2D eigenvalue weighted by atomic mass is 16.2. The van der Waals surface area contributed by atoms with Crippen LogP contribution in [0.25, 0.3) is 0 Å². The first kappa shape index (κ1) is 16.2. The van der Waals surface area contributed by atoms with E-state index in [1.54, 1.807) is 0 Å². The van der Waals surface area contributed by atoms with E-state index in [4.69, 9.17) is 0 Å². The number of carbonyl (C=O) groups excluding carboxylic acids is 1. The Balaban J connectivity index is 2.27. The topological polar surface area (TPSA) is 23.6 Å². The van der Waals surface area contributed by atoms with Gasteiger partial charge in [-0.2, -0.15) is 0 Å². The molecule has 2 aromatic carbocycles. The van der Waals surface area contributed by atoms with E-state index >= 15 is 0 Å². The lowest BCUT2D eigenvalue weighted by Gasteiger charge is -2.25. The molecule has 0 aromatic heterocycles. The van der Waals surface area contributed by atoms with E-state index in [9.17, 15) is 4.79 Å². The molecule has 0 heterocycles. The molecule has 0 unspecified atom stereocenters. The van der Waals surface area contributed by atoms with E-state index in [1.807, 2.05) is 86.7 Å². The average molecular weight is 296 g/mol. The Morgan fingerprint density at radius 2 is 1.27 bits per heavy atom. The molecule has 3 nitrogen and oxygen atoms in total. The minimum absolute atomic E-state index is 0.138. The molecular formula is C19H24N2O. The van der Waals surface area contributed by atoms with Gasteiger partial charge in [-0.1, -0.05) is 60.7 Å². The van der Waals surface area contributed by atoms with Gasteiger partial charge in [-0.3, -0.25) is 4.79 Å². The number of nitrogens with zero attached hydrogens (tertiary/aromatic N) is 2. The molecule has 3 heteroatoms. The Bertz CT molecular complexity index is 541. The van der Waals surface area contributed by atoms with Gasteiger partial charge in [0.1, 0.15) is 0 Å². The molecule has 0 saturated heterocycles. The third-order valence-electron chi connectivity index (χ3n) is 3.77. The molecule has 22 heavy (non-hydrogen) atoms. The minimum Gasteiger partial charge on any atom is -0.344 e. The van der Waals surface area contributed by atoms with Crippen LogP contribution in [-0.4, -0.2) is 49.9 Å². The molecule has 0 fully saturated rings. The predicted molar refractivity (Wildman–Crippen MR) is 90.9 cm³/mol. The molecule has 0 N–H and O–H groups in total. The molecule has 0 spiro atoms. The van der Waals surface area contributed by atoms with Crippen LogP contribution in [0.1, 0.15) is 17.0 Å². The van der Waals surface area contributed by atoms with Gasteiger partial charge in [0.05, 0.1) is 5.92 Å². The maximum atomic E-state index is 13.0. The highest BCUT2D eigenvalue weighted by Crippen LogP contribution is 2.26. The van der Waals surface area contributed by atoms with Crippen molar-refractivity contribution in [3.63, 3.8) is 0 Å². The van der Waals surface area contributed by atoms with Crippen molar-refractivity contribution in [1.82, 2.24) is 9.80 Å². The molecule has 116 valence electrons. The quantitative estimate of drug-likeness (QED) is 0.818. The van der Waals surface area contributed by atoms with Gasteiger partial charge in [0, 0.05) is 20.1 Å². The summed E-state index contributed by atoms with van der Waals surface area (Å²) in [5.41, 5.74) is 2.07. The fourth-order valence-corrected chi connectivity index (χ4v) is 2.45. The monoisotopic (exact) mass is 296 g/mol. The molecular weight excluding hydrogens is 272 g/mol. The lowest BCUT2D eigenvalue weighted by molar-refractivity contribution is -0.130. The Hall–Kier alpha value is -2.13. The number of carbonyl (C=O) groups is 1. The summed E-state index contributed by atoms with van der Waals surface area (Å²) in [6.07, 6.45) is 0. The van der Waals surface area contributed by atoms with E-state index in [0.29, 0.717) is 0 Å². The second-order valence-electron chi connectivity index (χ2n) is 5.82. The van der Waals surface area contributed by atoms with Crippen LogP contribution in [0.3, 0.4) is 0 Å². The maximum absolute atomic E-state index is 13.0. The zero-order valence-electron chi connectivity index (χ0n) is 13.6.